The van der Waals surface area contributed by atoms with Crippen LogP contribution in [-0.2, 0) is 6.54 Å². The van der Waals surface area contributed by atoms with E-state index < -0.39 is 0 Å². The number of para-hydroxylation sites is 1. The molecule has 1 amide bonds. The van der Waals surface area contributed by atoms with E-state index in [-0.39, 0.29) is 5.91 Å². The standard InChI is InChI=1S/C20H22N2O3S/c23-20(17-2-1-3-18-19(17)25-11-10-24-18)21-14-15-4-6-16(7-5-15)22-8-12-26-13-9-22/h1-7H,8-14H2,(H,21,23). The third-order valence-corrected chi connectivity index (χ3v) is 5.52. The van der Waals surface area contributed by atoms with Gasteiger partial charge in [0.25, 0.3) is 5.91 Å². The number of hydrogen-bond donors (Lipinski definition) is 1. The minimum atomic E-state index is -0.149. The number of carbonyl (C=O) groups excluding carboxylic acids is 1. The Balaban J connectivity index is 1.39. The summed E-state index contributed by atoms with van der Waals surface area (Å²) < 4.78 is 11.2. The zero-order valence-corrected chi connectivity index (χ0v) is 15.4. The van der Waals surface area contributed by atoms with Crippen molar-refractivity contribution >= 4 is 23.4 Å². The lowest BCUT2D eigenvalue weighted by Gasteiger charge is -2.28. The minimum Gasteiger partial charge on any atom is -0.486 e. The van der Waals surface area contributed by atoms with Crippen molar-refractivity contribution in [3.05, 3.63) is 53.6 Å². The molecule has 2 aromatic rings. The summed E-state index contributed by atoms with van der Waals surface area (Å²) in [6.45, 7) is 3.66. The van der Waals surface area contributed by atoms with Gasteiger partial charge in [-0.2, -0.15) is 11.8 Å². The first-order valence-electron chi connectivity index (χ1n) is 8.90. The predicted molar refractivity (Wildman–Crippen MR) is 105 cm³/mol. The van der Waals surface area contributed by atoms with Crippen LogP contribution in [0.15, 0.2) is 42.5 Å². The highest BCUT2D eigenvalue weighted by atomic mass is 32.2. The number of nitrogens with one attached hydrogen (secondary N) is 1. The first-order chi connectivity index (χ1) is 12.8. The largest absolute Gasteiger partial charge is 0.486 e. The Hall–Kier alpha value is -2.34. The monoisotopic (exact) mass is 370 g/mol. The summed E-state index contributed by atoms with van der Waals surface area (Å²) in [7, 11) is 0. The Morgan fingerprint density at radius 3 is 2.62 bits per heavy atom. The number of ether oxygens (including phenoxy) is 2. The Bertz CT molecular complexity index is 773. The Kier molecular flexibility index (Phi) is 5.20. The van der Waals surface area contributed by atoms with E-state index in [1.54, 1.807) is 6.07 Å². The van der Waals surface area contributed by atoms with Crippen molar-refractivity contribution in [1.82, 2.24) is 5.32 Å². The van der Waals surface area contributed by atoms with Crippen LogP contribution >= 0.6 is 11.8 Å². The molecule has 0 radical (unpaired) electrons. The summed E-state index contributed by atoms with van der Waals surface area (Å²) in [4.78, 5) is 15.0. The zero-order chi connectivity index (χ0) is 17.8. The summed E-state index contributed by atoms with van der Waals surface area (Å²) in [6, 6.07) is 13.8. The molecule has 2 aliphatic heterocycles. The molecule has 4 rings (SSSR count). The molecule has 2 heterocycles. The highest BCUT2D eigenvalue weighted by Gasteiger charge is 2.20. The van der Waals surface area contributed by atoms with Crippen LogP contribution in [0, 0.1) is 0 Å². The second kappa shape index (κ2) is 7.91. The number of thioether (sulfide) groups is 1. The molecule has 0 spiro atoms. The number of fused-ring (bicyclic) bond motifs is 1. The van der Waals surface area contributed by atoms with Gasteiger partial charge in [0.2, 0.25) is 0 Å². The number of anilines is 1. The van der Waals surface area contributed by atoms with Gasteiger partial charge in [0.05, 0.1) is 5.56 Å². The van der Waals surface area contributed by atoms with Crippen molar-refractivity contribution in [2.45, 2.75) is 6.54 Å². The Labute approximate surface area is 157 Å². The average molecular weight is 370 g/mol. The maximum atomic E-state index is 12.5. The predicted octanol–water partition coefficient (Wildman–Crippen LogP) is 2.94. The molecule has 1 fully saturated rings. The molecule has 0 saturated carbocycles. The van der Waals surface area contributed by atoms with Gasteiger partial charge in [0, 0.05) is 36.8 Å². The molecule has 0 atom stereocenters. The molecular formula is C20H22N2O3S. The number of amides is 1. The molecule has 6 heteroatoms. The van der Waals surface area contributed by atoms with E-state index in [9.17, 15) is 4.79 Å². The van der Waals surface area contributed by atoms with E-state index in [4.69, 9.17) is 9.47 Å². The van der Waals surface area contributed by atoms with Gasteiger partial charge in [0.1, 0.15) is 13.2 Å². The average Bonchev–Trinajstić information content (AvgIpc) is 2.72. The van der Waals surface area contributed by atoms with Gasteiger partial charge >= 0.3 is 0 Å². The lowest BCUT2D eigenvalue weighted by Crippen LogP contribution is -2.32. The van der Waals surface area contributed by atoms with Gasteiger partial charge < -0.3 is 19.7 Å². The number of hydrogen-bond acceptors (Lipinski definition) is 5. The molecule has 1 saturated heterocycles. The minimum absolute atomic E-state index is 0.149. The van der Waals surface area contributed by atoms with Crippen LogP contribution in [0.5, 0.6) is 11.5 Å². The molecular weight excluding hydrogens is 348 g/mol. The number of carbonyl (C=O) groups is 1. The smallest absolute Gasteiger partial charge is 0.255 e. The molecule has 2 aromatic carbocycles. The number of rotatable bonds is 4. The topological polar surface area (TPSA) is 50.8 Å². The van der Waals surface area contributed by atoms with Crippen molar-refractivity contribution in [1.29, 1.82) is 0 Å². The van der Waals surface area contributed by atoms with Gasteiger partial charge in [-0.1, -0.05) is 18.2 Å². The fourth-order valence-electron chi connectivity index (χ4n) is 3.18. The molecule has 0 aliphatic carbocycles. The third kappa shape index (κ3) is 3.75. The van der Waals surface area contributed by atoms with E-state index in [0.717, 1.165) is 18.7 Å². The highest BCUT2D eigenvalue weighted by Crippen LogP contribution is 2.33. The summed E-state index contributed by atoms with van der Waals surface area (Å²) in [5.74, 6) is 3.39. The maximum absolute atomic E-state index is 12.5. The van der Waals surface area contributed by atoms with E-state index in [1.807, 2.05) is 23.9 Å². The Morgan fingerprint density at radius 1 is 1.04 bits per heavy atom. The zero-order valence-electron chi connectivity index (χ0n) is 14.6. The Morgan fingerprint density at radius 2 is 1.81 bits per heavy atom. The molecule has 5 nitrogen and oxygen atoms in total. The molecule has 136 valence electrons. The van der Waals surface area contributed by atoms with Gasteiger partial charge in [-0.15, -0.1) is 0 Å². The fraction of sp³-hybridized carbons (Fsp3) is 0.350. The van der Waals surface area contributed by atoms with Gasteiger partial charge in [0.15, 0.2) is 11.5 Å². The van der Waals surface area contributed by atoms with Crippen molar-refractivity contribution in [3.63, 3.8) is 0 Å². The summed E-state index contributed by atoms with van der Waals surface area (Å²) in [6.07, 6.45) is 0. The lowest BCUT2D eigenvalue weighted by atomic mass is 10.1. The molecule has 0 bridgehead atoms. The third-order valence-electron chi connectivity index (χ3n) is 4.58. The van der Waals surface area contributed by atoms with Gasteiger partial charge in [-0.05, 0) is 29.8 Å². The molecule has 2 aliphatic rings. The summed E-state index contributed by atoms with van der Waals surface area (Å²) in [5, 5.41) is 2.97. The lowest BCUT2D eigenvalue weighted by molar-refractivity contribution is 0.0940. The quantitative estimate of drug-likeness (QED) is 0.897. The van der Waals surface area contributed by atoms with E-state index in [0.29, 0.717) is 36.8 Å². The van der Waals surface area contributed by atoms with Crippen LogP contribution in [-0.4, -0.2) is 43.7 Å². The molecule has 26 heavy (non-hydrogen) atoms. The van der Waals surface area contributed by atoms with Crippen LogP contribution in [0.25, 0.3) is 0 Å². The van der Waals surface area contributed by atoms with Crippen molar-refractivity contribution in [2.24, 2.45) is 0 Å². The second-order valence-electron chi connectivity index (χ2n) is 6.28. The number of benzene rings is 2. The summed E-state index contributed by atoms with van der Waals surface area (Å²) >= 11 is 2.01. The normalized spacial score (nSPS) is 16.2. The van der Waals surface area contributed by atoms with Crippen LogP contribution in [0.4, 0.5) is 5.69 Å². The van der Waals surface area contributed by atoms with Crippen LogP contribution in [0.2, 0.25) is 0 Å². The van der Waals surface area contributed by atoms with Crippen LogP contribution < -0.4 is 19.7 Å². The van der Waals surface area contributed by atoms with Crippen LogP contribution in [0.3, 0.4) is 0 Å². The SMILES string of the molecule is O=C(NCc1ccc(N2CCSCC2)cc1)c1cccc2c1OCCO2. The maximum Gasteiger partial charge on any atom is 0.255 e. The first kappa shape index (κ1) is 17.1. The second-order valence-corrected chi connectivity index (χ2v) is 7.50. The van der Waals surface area contributed by atoms with E-state index >= 15 is 0 Å². The fourth-order valence-corrected chi connectivity index (χ4v) is 4.08. The van der Waals surface area contributed by atoms with Crippen molar-refractivity contribution in [2.75, 3.05) is 42.7 Å². The van der Waals surface area contributed by atoms with Gasteiger partial charge in [-0.25, -0.2) is 0 Å². The molecule has 1 N–H and O–H groups in total. The molecule has 0 aromatic heterocycles. The summed E-state index contributed by atoms with van der Waals surface area (Å²) in [5.41, 5.74) is 2.85. The van der Waals surface area contributed by atoms with E-state index in [1.165, 1.54) is 17.2 Å². The van der Waals surface area contributed by atoms with Gasteiger partial charge in [-0.3, -0.25) is 4.79 Å². The highest BCUT2D eigenvalue weighted by molar-refractivity contribution is 7.99. The molecule has 0 unspecified atom stereocenters. The van der Waals surface area contributed by atoms with E-state index in [2.05, 4.69) is 34.5 Å². The first-order valence-corrected chi connectivity index (χ1v) is 10.1. The van der Waals surface area contributed by atoms with Crippen LogP contribution in [0.1, 0.15) is 15.9 Å². The van der Waals surface area contributed by atoms with Crippen molar-refractivity contribution < 1.29 is 14.3 Å². The van der Waals surface area contributed by atoms with Crippen molar-refractivity contribution in [3.8, 4) is 11.5 Å². The number of nitrogens with zero attached hydrogens (tertiary/aromatic N) is 1.